The maximum atomic E-state index is 5.39. The van der Waals surface area contributed by atoms with Crippen molar-refractivity contribution in [2.24, 2.45) is 0 Å². The smallest absolute Gasteiger partial charge is 0.229 e. The van der Waals surface area contributed by atoms with Crippen LogP contribution in [0.2, 0.25) is 0 Å². The van der Waals surface area contributed by atoms with Crippen LogP contribution in [0.25, 0.3) is 0 Å². The highest BCUT2D eigenvalue weighted by Crippen LogP contribution is 2.38. The highest BCUT2D eigenvalue weighted by Gasteiger charge is 2.30. The van der Waals surface area contributed by atoms with Crippen molar-refractivity contribution in [3.05, 3.63) is 22.8 Å². The van der Waals surface area contributed by atoms with Crippen LogP contribution in [0, 0.1) is 0 Å². The second-order valence-corrected chi connectivity index (χ2v) is 8.60. The van der Waals surface area contributed by atoms with Gasteiger partial charge in [0.2, 0.25) is 5.89 Å². The van der Waals surface area contributed by atoms with Gasteiger partial charge in [0, 0.05) is 49.7 Å². The molecular weight excluding hydrogens is 360 g/mol. The lowest BCUT2D eigenvalue weighted by molar-refractivity contribution is 0.242. The van der Waals surface area contributed by atoms with Gasteiger partial charge in [0.05, 0.1) is 6.54 Å². The molecule has 0 N–H and O–H groups in total. The quantitative estimate of drug-likeness (QED) is 0.687. The number of thiazole rings is 1. The van der Waals surface area contributed by atoms with Crippen molar-refractivity contribution in [1.82, 2.24) is 24.9 Å². The number of anilines is 1. The largest absolute Gasteiger partial charge is 0.349 e. The Morgan fingerprint density at radius 3 is 2.56 bits per heavy atom. The molecular formula is C19H30N6OS. The number of aromatic nitrogens is 3. The van der Waals surface area contributed by atoms with Gasteiger partial charge in [0.1, 0.15) is 0 Å². The van der Waals surface area contributed by atoms with Crippen LogP contribution in [-0.4, -0.2) is 64.2 Å². The summed E-state index contributed by atoms with van der Waals surface area (Å²) in [5.74, 6) is 2.22. The van der Waals surface area contributed by atoms with Crippen LogP contribution in [0.15, 0.2) is 10.7 Å². The van der Waals surface area contributed by atoms with E-state index in [0.717, 1.165) is 69.2 Å². The van der Waals surface area contributed by atoms with Crippen molar-refractivity contribution in [3.8, 4) is 0 Å². The molecule has 2 fully saturated rings. The van der Waals surface area contributed by atoms with E-state index in [1.807, 2.05) is 11.3 Å². The maximum Gasteiger partial charge on any atom is 0.229 e. The third kappa shape index (κ3) is 4.86. The predicted molar refractivity (Wildman–Crippen MR) is 107 cm³/mol. The van der Waals surface area contributed by atoms with Gasteiger partial charge in [0.25, 0.3) is 0 Å². The SMILES string of the molecule is CCN(CC)c1ncc(CN2CCCN(Cc3noc(C4CC4)n3)CC2)s1. The van der Waals surface area contributed by atoms with Gasteiger partial charge in [-0.25, -0.2) is 4.98 Å². The van der Waals surface area contributed by atoms with Gasteiger partial charge in [-0.05, 0) is 46.2 Å². The molecule has 0 atom stereocenters. The fraction of sp³-hybridized carbons (Fsp3) is 0.737. The molecule has 27 heavy (non-hydrogen) atoms. The Morgan fingerprint density at radius 1 is 1.11 bits per heavy atom. The second-order valence-electron chi connectivity index (χ2n) is 7.51. The number of hydrogen-bond acceptors (Lipinski definition) is 8. The molecule has 0 aromatic carbocycles. The van der Waals surface area contributed by atoms with Gasteiger partial charge in [0.15, 0.2) is 11.0 Å². The summed E-state index contributed by atoms with van der Waals surface area (Å²) < 4.78 is 5.39. The molecule has 0 spiro atoms. The molecule has 148 valence electrons. The molecule has 2 aromatic rings. The van der Waals surface area contributed by atoms with Gasteiger partial charge in [-0.15, -0.1) is 11.3 Å². The van der Waals surface area contributed by atoms with Gasteiger partial charge >= 0.3 is 0 Å². The highest BCUT2D eigenvalue weighted by molar-refractivity contribution is 7.15. The Balaban J connectivity index is 1.28. The Kier molecular flexibility index (Phi) is 6.04. The van der Waals surface area contributed by atoms with E-state index in [0.29, 0.717) is 5.92 Å². The molecule has 3 heterocycles. The first-order valence-corrected chi connectivity index (χ1v) is 11.0. The number of rotatable bonds is 8. The summed E-state index contributed by atoms with van der Waals surface area (Å²) in [6.07, 6.45) is 5.64. The lowest BCUT2D eigenvalue weighted by Gasteiger charge is -2.20. The van der Waals surface area contributed by atoms with Gasteiger partial charge in [-0.3, -0.25) is 9.80 Å². The first-order chi connectivity index (χ1) is 13.2. The molecule has 1 saturated heterocycles. The first-order valence-electron chi connectivity index (χ1n) is 10.2. The van der Waals surface area contributed by atoms with E-state index in [4.69, 9.17) is 4.52 Å². The molecule has 8 heteroatoms. The maximum absolute atomic E-state index is 5.39. The summed E-state index contributed by atoms with van der Waals surface area (Å²) in [4.78, 5) is 17.9. The van der Waals surface area contributed by atoms with E-state index in [2.05, 4.69) is 49.9 Å². The Labute approximate surface area is 165 Å². The summed E-state index contributed by atoms with van der Waals surface area (Å²) in [6, 6.07) is 0. The molecule has 2 aromatic heterocycles. The molecule has 0 bridgehead atoms. The summed E-state index contributed by atoms with van der Waals surface area (Å²) in [5, 5.41) is 5.32. The van der Waals surface area contributed by atoms with E-state index < -0.39 is 0 Å². The van der Waals surface area contributed by atoms with E-state index in [1.165, 1.54) is 24.1 Å². The van der Waals surface area contributed by atoms with Crippen molar-refractivity contribution in [1.29, 1.82) is 0 Å². The zero-order chi connectivity index (χ0) is 18.6. The number of hydrogen-bond donors (Lipinski definition) is 0. The van der Waals surface area contributed by atoms with Crippen LogP contribution < -0.4 is 4.90 Å². The zero-order valence-corrected chi connectivity index (χ0v) is 17.2. The molecule has 0 amide bonds. The average Bonchev–Trinajstić information content (AvgIpc) is 3.32. The van der Waals surface area contributed by atoms with E-state index in [-0.39, 0.29) is 0 Å². The Morgan fingerprint density at radius 2 is 1.85 bits per heavy atom. The summed E-state index contributed by atoms with van der Waals surface area (Å²) in [7, 11) is 0. The number of nitrogens with zero attached hydrogens (tertiary/aromatic N) is 6. The van der Waals surface area contributed by atoms with Crippen LogP contribution >= 0.6 is 11.3 Å². The first kappa shape index (κ1) is 18.8. The summed E-state index contributed by atoms with van der Waals surface area (Å²) >= 11 is 1.83. The molecule has 1 saturated carbocycles. The Bertz CT molecular complexity index is 723. The summed E-state index contributed by atoms with van der Waals surface area (Å²) in [6.45, 7) is 12.6. The van der Waals surface area contributed by atoms with Crippen LogP contribution in [0.3, 0.4) is 0 Å². The Hall–Kier alpha value is -1.51. The van der Waals surface area contributed by atoms with Crippen molar-refractivity contribution in [2.45, 2.75) is 52.1 Å². The topological polar surface area (TPSA) is 61.5 Å². The van der Waals surface area contributed by atoms with E-state index in [1.54, 1.807) is 0 Å². The summed E-state index contributed by atoms with van der Waals surface area (Å²) in [5.41, 5.74) is 0. The molecule has 7 nitrogen and oxygen atoms in total. The third-order valence-corrected chi connectivity index (χ3v) is 6.45. The zero-order valence-electron chi connectivity index (χ0n) is 16.4. The normalized spacial score (nSPS) is 19.3. The second kappa shape index (κ2) is 8.67. The van der Waals surface area contributed by atoms with Crippen LogP contribution in [0.1, 0.15) is 55.6 Å². The molecule has 4 rings (SSSR count). The lowest BCUT2D eigenvalue weighted by atomic mass is 10.3. The van der Waals surface area contributed by atoms with Crippen LogP contribution in [0.5, 0.6) is 0 Å². The fourth-order valence-corrected chi connectivity index (χ4v) is 4.68. The van der Waals surface area contributed by atoms with Crippen molar-refractivity contribution in [3.63, 3.8) is 0 Å². The standard InChI is InChI=1S/C19H30N6OS/c1-3-25(4-2)19-20-12-16(27-19)13-23-8-5-9-24(11-10-23)14-17-21-18(26-22-17)15-6-7-15/h12,15H,3-11,13-14H2,1-2H3. The molecule has 0 unspecified atom stereocenters. The predicted octanol–water partition coefficient (Wildman–Crippen LogP) is 2.96. The van der Waals surface area contributed by atoms with Crippen molar-refractivity contribution < 1.29 is 4.52 Å². The van der Waals surface area contributed by atoms with Gasteiger partial charge in [-0.1, -0.05) is 5.16 Å². The van der Waals surface area contributed by atoms with Gasteiger partial charge < -0.3 is 9.42 Å². The van der Waals surface area contributed by atoms with Gasteiger partial charge in [-0.2, -0.15) is 4.98 Å². The monoisotopic (exact) mass is 390 g/mol. The third-order valence-electron chi connectivity index (χ3n) is 5.41. The minimum absolute atomic E-state index is 0.534. The highest BCUT2D eigenvalue weighted by atomic mass is 32.1. The minimum atomic E-state index is 0.534. The minimum Gasteiger partial charge on any atom is -0.349 e. The average molecular weight is 391 g/mol. The van der Waals surface area contributed by atoms with Crippen LogP contribution in [-0.2, 0) is 13.1 Å². The lowest BCUT2D eigenvalue weighted by Crippen LogP contribution is -2.30. The molecule has 1 aliphatic carbocycles. The van der Waals surface area contributed by atoms with Crippen molar-refractivity contribution in [2.75, 3.05) is 44.2 Å². The van der Waals surface area contributed by atoms with Crippen molar-refractivity contribution >= 4 is 16.5 Å². The van der Waals surface area contributed by atoms with E-state index >= 15 is 0 Å². The molecule has 2 aliphatic rings. The molecule has 0 radical (unpaired) electrons. The molecule has 1 aliphatic heterocycles. The van der Waals surface area contributed by atoms with E-state index in [9.17, 15) is 0 Å². The van der Waals surface area contributed by atoms with Crippen LogP contribution in [0.4, 0.5) is 5.13 Å². The fourth-order valence-electron chi connectivity index (χ4n) is 3.60.